The van der Waals surface area contributed by atoms with Crippen LogP contribution in [0, 0.1) is 5.92 Å². The molecule has 1 fully saturated rings. The second-order valence-electron chi connectivity index (χ2n) is 5.67. The molecular formula is C17H27ClIN3O. The van der Waals surface area contributed by atoms with E-state index in [0.29, 0.717) is 13.2 Å². The fraction of sp³-hybridized carbons (Fsp3) is 0.588. The number of rotatable bonds is 8. The van der Waals surface area contributed by atoms with Gasteiger partial charge in [-0.25, -0.2) is 0 Å². The Morgan fingerprint density at radius 3 is 2.78 bits per heavy atom. The minimum absolute atomic E-state index is 0. The first kappa shape index (κ1) is 20.5. The van der Waals surface area contributed by atoms with Gasteiger partial charge in [-0.2, -0.15) is 0 Å². The fourth-order valence-electron chi connectivity index (χ4n) is 2.19. The van der Waals surface area contributed by atoms with Crippen molar-refractivity contribution in [3.05, 3.63) is 34.9 Å². The van der Waals surface area contributed by atoms with Crippen molar-refractivity contribution >= 4 is 41.5 Å². The van der Waals surface area contributed by atoms with Gasteiger partial charge >= 0.3 is 0 Å². The van der Waals surface area contributed by atoms with Crippen LogP contribution in [0.25, 0.3) is 0 Å². The van der Waals surface area contributed by atoms with Crippen LogP contribution in [0.3, 0.4) is 0 Å². The first-order valence-corrected chi connectivity index (χ1v) is 8.45. The van der Waals surface area contributed by atoms with Crippen LogP contribution in [-0.2, 0) is 4.74 Å². The lowest BCUT2D eigenvalue weighted by Crippen LogP contribution is -2.39. The van der Waals surface area contributed by atoms with Crippen LogP contribution in [0.15, 0.2) is 29.3 Å². The van der Waals surface area contributed by atoms with Gasteiger partial charge in [0.1, 0.15) is 0 Å². The van der Waals surface area contributed by atoms with Crippen molar-refractivity contribution in [1.82, 2.24) is 10.6 Å². The highest BCUT2D eigenvalue weighted by Gasteiger charge is 2.20. The molecular weight excluding hydrogens is 425 g/mol. The van der Waals surface area contributed by atoms with Crippen molar-refractivity contribution < 1.29 is 4.74 Å². The van der Waals surface area contributed by atoms with Gasteiger partial charge in [-0.3, -0.25) is 4.99 Å². The molecule has 0 radical (unpaired) electrons. The number of nitrogens with one attached hydrogen (secondary N) is 2. The van der Waals surface area contributed by atoms with Crippen LogP contribution in [0.5, 0.6) is 0 Å². The summed E-state index contributed by atoms with van der Waals surface area (Å²) in [5.74, 6) is 1.60. The number of hydrogen-bond acceptors (Lipinski definition) is 2. The molecule has 4 nitrogen and oxygen atoms in total. The van der Waals surface area contributed by atoms with Crippen LogP contribution in [0.2, 0.25) is 5.02 Å². The number of benzene rings is 1. The van der Waals surface area contributed by atoms with Crippen LogP contribution in [0.4, 0.5) is 0 Å². The van der Waals surface area contributed by atoms with E-state index >= 15 is 0 Å². The molecule has 0 heterocycles. The van der Waals surface area contributed by atoms with E-state index in [0.717, 1.165) is 35.6 Å². The lowest BCUT2D eigenvalue weighted by atomic mass is 10.1. The Kier molecular flexibility index (Phi) is 9.90. The topological polar surface area (TPSA) is 45.7 Å². The molecule has 0 amide bonds. The Hall–Kier alpha value is -0.530. The van der Waals surface area contributed by atoms with Crippen LogP contribution in [-0.4, -0.2) is 32.3 Å². The molecule has 2 rings (SSSR count). The zero-order valence-corrected chi connectivity index (χ0v) is 16.9. The molecule has 0 spiro atoms. The minimum atomic E-state index is 0. The first-order valence-electron chi connectivity index (χ1n) is 8.07. The molecule has 6 heteroatoms. The maximum Gasteiger partial charge on any atom is 0.191 e. The second-order valence-corrected chi connectivity index (χ2v) is 6.07. The van der Waals surface area contributed by atoms with E-state index in [1.54, 1.807) is 0 Å². The third-order valence-corrected chi connectivity index (χ3v) is 3.97. The van der Waals surface area contributed by atoms with E-state index in [1.807, 2.05) is 24.3 Å². The molecule has 0 aliphatic heterocycles. The zero-order chi connectivity index (χ0) is 15.8. The van der Waals surface area contributed by atoms with Gasteiger partial charge in [-0.05, 0) is 44.2 Å². The van der Waals surface area contributed by atoms with Gasteiger partial charge in [0, 0.05) is 18.2 Å². The predicted molar refractivity (Wildman–Crippen MR) is 108 cm³/mol. The van der Waals surface area contributed by atoms with Gasteiger partial charge in [0.05, 0.1) is 19.2 Å². The van der Waals surface area contributed by atoms with Gasteiger partial charge in [-0.15, -0.1) is 24.0 Å². The molecule has 2 N–H and O–H groups in total. The highest BCUT2D eigenvalue weighted by molar-refractivity contribution is 14.0. The van der Waals surface area contributed by atoms with E-state index in [9.17, 15) is 0 Å². The number of hydrogen-bond donors (Lipinski definition) is 2. The Morgan fingerprint density at radius 1 is 1.39 bits per heavy atom. The summed E-state index contributed by atoms with van der Waals surface area (Å²) in [6.45, 7) is 7.18. The van der Waals surface area contributed by atoms with Gasteiger partial charge < -0.3 is 15.4 Å². The molecule has 1 atom stereocenters. The number of ether oxygens (including phenoxy) is 1. The average molecular weight is 452 g/mol. The highest BCUT2D eigenvalue weighted by Crippen LogP contribution is 2.28. The largest absolute Gasteiger partial charge is 0.379 e. The van der Waals surface area contributed by atoms with E-state index in [2.05, 4.69) is 29.5 Å². The molecule has 1 aromatic carbocycles. The smallest absolute Gasteiger partial charge is 0.191 e. The van der Waals surface area contributed by atoms with Crippen molar-refractivity contribution in [2.24, 2.45) is 10.9 Å². The zero-order valence-electron chi connectivity index (χ0n) is 13.8. The van der Waals surface area contributed by atoms with Crippen LogP contribution >= 0.6 is 35.6 Å². The second kappa shape index (κ2) is 11.1. The van der Waals surface area contributed by atoms with Gasteiger partial charge in [-0.1, -0.05) is 29.8 Å². The summed E-state index contributed by atoms with van der Waals surface area (Å²) >= 11 is 6.24. The van der Waals surface area contributed by atoms with Gasteiger partial charge in [0.25, 0.3) is 0 Å². The molecule has 1 saturated carbocycles. The number of halogens is 2. The average Bonchev–Trinajstić information content (AvgIpc) is 3.31. The molecule has 130 valence electrons. The number of nitrogens with zero attached hydrogens (tertiary/aromatic N) is 1. The third kappa shape index (κ3) is 7.72. The molecule has 1 aromatic rings. The maximum absolute atomic E-state index is 6.24. The summed E-state index contributed by atoms with van der Waals surface area (Å²) in [7, 11) is 0. The van der Waals surface area contributed by atoms with Crippen molar-refractivity contribution in [3.63, 3.8) is 0 Å². The lowest BCUT2D eigenvalue weighted by molar-refractivity contribution is 0.131. The standard InChI is InChI=1S/C17H26ClN3O.HI/c1-3-19-17(20-10-11-22-12-14-8-9-14)21-13(2)15-6-4-5-7-16(15)18;/h4-7,13-14H,3,8-12H2,1-2H3,(H2,19,20,21);1H. The summed E-state index contributed by atoms with van der Waals surface area (Å²) in [6, 6.07) is 7.97. The molecule has 0 saturated heterocycles. The molecule has 0 bridgehead atoms. The van der Waals surface area contributed by atoms with E-state index in [4.69, 9.17) is 16.3 Å². The predicted octanol–water partition coefficient (Wildman–Crippen LogP) is 4.00. The van der Waals surface area contributed by atoms with Gasteiger partial charge in [0.2, 0.25) is 0 Å². The number of aliphatic imine (C=N–C) groups is 1. The third-order valence-electron chi connectivity index (χ3n) is 3.63. The van der Waals surface area contributed by atoms with E-state index < -0.39 is 0 Å². The fourth-order valence-corrected chi connectivity index (χ4v) is 2.49. The molecule has 1 aliphatic carbocycles. The SMILES string of the molecule is CCNC(=NCCOCC1CC1)NC(C)c1ccccc1Cl.I. The Balaban J connectivity index is 0.00000264. The summed E-state index contributed by atoms with van der Waals surface area (Å²) in [6.07, 6.45) is 2.64. The van der Waals surface area contributed by atoms with Crippen molar-refractivity contribution in [2.75, 3.05) is 26.3 Å². The van der Waals surface area contributed by atoms with E-state index in [-0.39, 0.29) is 30.0 Å². The number of guanidine groups is 1. The monoisotopic (exact) mass is 451 g/mol. The highest BCUT2D eigenvalue weighted by atomic mass is 127. The van der Waals surface area contributed by atoms with E-state index in [1.165, 1.54) is 12.8 Å². The van der Waals surface area contributed by atoms with Crippen LogP contribution in [0.1, 0.15) is 38.3 Å². The normalized spacial score (nSPS) is 15.7. The lowest BCUT2D eigenvalue weighted by Gasteiger charge is -2.19. The summed E-state index contributed by atoms with van der Waals surface area (Å²) in [5.41, 5.74) is 1.07. The first-order chi connectivity index (χ1) is 10.7. The summed E-state index contributed by atoms with van der Waals surface area (Å²) < 4.78 is 5.61. The maximum atomic E-state index is 6.24. The molecule has 1 unspecified atom stereocenters. The van der Waals surface area contributed by atoms with Crippen molar-refractivity contribution in [1.29, 1.82) is 0 Å². The Morgan fingerprint density at radius 2 is 2.13 bits per heavy atom. The minimum Gasteiger partial charge on any atom is -0.379 e. The molecule has 0 aromatic heterocycles. The quantitative estimate of drug-likeness (QED) is 0.272. The Labute approximate surface area is 161 Å². The van der Waals surface area contributed by atoms with Crippen LogP contribution < -0.4 is 10.6 Å². The molecule has 1 aliphatic rings. The van der Waals surface area contributed by atoms with Gasteiger partial charge in [0.15, 0.2) is 5.96 Å². The van der Waals surface area contributed by atoms with Crippen molar-refractivity contribution in [3.8, 4) is 0 Å². The summed E-state index contributed by atoms with van der Waals surface area (Å²) in [4.78, 5) is 4.55. The summed E-state index contributed by atoms with van der Waals surface area (Å²) in [5, 5.41) is 7.41. The van der Waals surface area contributed by atoms with Crippen molar-refractivity contribution in [2.45, 2.75) is 32.7 Å². The Bertz CT molecular complexity index is 494. The molecule has 23 heavy (non-hydrogen) atoms.